The van der Waals surface area contributed by atoms with E-state index in [1.54, 1.807) is 0 Å². The summed E-state index contributed by atoms with van der Waals surface area (Å²) in [7, 11) is 0. The van der Waals surface area contributed by atoms with Crippen LogP contribution in [0.5, 0.6) is 0 Å². The van der Waals surface area contributed by atoms with Crippen molar-refractivity contribution in [1.29, 1.82) is 0 Å². The molecule has 0 saturated heterocycles. The Morgan fingerprint density at radius 1 is 1.28 bits per heavy atom. The lowest BCUT2D eigenvalue weighted by Crippen LogP contribution is -2.36. The molecule has 1 aliphatic carbocycles. The predicted octanol–water partition coefficient (Wildman–Crippen LogP) is 4.63. The van der Waals surface area contributed by atoms with Crippen LogP contribution in [0.25, 0.3) is 0 Å². The largest absolute Gasteiger partial charge is 0.314 e. The molecule has 1 atom stereocenters. The summed E-state index contributed by atoms with van der Waals surface area (Å²) < 4.78 is 0. The molecule has 1 aromatic heterocycles. The van der Waals surface area contributed by atoms with Crippen LogP contribution >= 0.6 is 11.3 Å². The molecule has 0 bridgehead atoms. The van der Waals surface area contributed by atoms with Crippen LogP contribution in [0.4, 0.5) is 0 Å². The molecule has 0 aromatic carbocycles. The van der Waals surface area contributed by atoms with Crippen LogP contribution in [0.2, 0.25) is 0 Å². The Balaban J connectivity index is 1.85. The smallest absolute Gasteiger partial charge is 0.00983 e. The molecule has 0 amide bonds. The highest BCUT2D eigenvalue weighted by atomic mass is 32.1. The van der Waals surface area contributed by atoms with Crippen LogP contribution < -0.4 is 5.32 Å². The van der Waals surface area contributed by atoms with E-state index in [0.29, 0.717) is 0 Å². The number of rotatable bonds is 6. The Hall–Kier alpha value is -0.340. The van der Waals surface area contributed by atoms with Gasteiger partial charge in [-0.1, -0.05) is 32.6 Å². The number of thiophene rings is 1. The number of nitrogens with one attached hydrogen (secondary N) is 1. The molecule has 1 saturated carbocycles. The third-order valence-corrected chi connectivity index (χ3v) is 4.99. The van der Waals surface area contributed by atoms with E-state index >= 15 is 0 Å². The second-order valence-corrected chi connectivity index (χ2v) is 6.37. The fourth-order valence-corrected chi connectivity index (χ4v) is 3.94. The van der Waals surface area contributed by atoms with Gasteiger partial charge in [0.25, 0.3) is 0 Å². The zero-order valence-corrected chi connectivity index (χ0v) is 12.5. The van der Waals surface area contributed by atoms with Crippen LogP contribution in [0, 0.1) is 5.92 Å². The van der Waals surface area contributed by atoms with Gasteiger partial charge in [-0.25, -0.2) is 0 Å². The molecule has 0 spiro atoms. The van der Waals surface area contributed by atoms with E-state index in [1.807, 2.05) is 11.3 Å². The summed E-state index contributed by atoms with van der Waals surface area (Å²) in [4.78, 5) is 0. The van der Waals surface area contributed by atoms with Gasteiger partial charge in [-0.3, -0.25) is 0 Å². The zero-order valence-electron chi connectivity index (χ0n) is 11.7. The van der Waals surface area contributed by atoms with Crippen molar-refractivity contribution >= 4 is 11.3 Å². The molecule has 102 valence electrons. The van der Waals surface area contributed by atoms with E-state index in [9.17, 15) is 0 Å². The third kappa shape index (κ3) is 4.40. The minimum Gasteiger partial charge on any atom is -0.314 e. The number of hydrogen-bond donors (Lipinski definition) is 1. The summed E-state index contributed by atoms with van der Waals surface area (Å²) in [6, 6.07) is 3.02. The van der Waals surface area contributed by atoms with E-state index < -0.39 is 0 Å². The highest BCUT2D eigenvalue weighted by molar-refractivity contribution is 7.07. The van der Waals surface area contributed by atoms with Crippen LogP contribution in [0.15, 0.2) is 16.8 Å². The van der Waals surface area contributed by atoms with Gasteiger partial charge in [-0.05, 0) is 60.5 Å². The molecule has 2 heteroatoms. The summed E-state index contributed by atoms with van der Waals surface area (Å²) in [5.41, 5.74) is 1.52. The van der Waals surface area contributed by atoms with Crippen LogP contribution in [0.3, 0.4) is 0 Å². The van der Waals surface area contributed by atoms with Gasteiger partial charge in [0, 0.05) is 6.04 Å². The van der Waals surface area contributed by atoms with Gasteiger partial charge in [0.2, 0.25) is 0 Å². The molecular weight excluding hydrogens is 238 g/mol. The third-order valence-electron chi connectivity index (χ3n) is 4.26. The molecule has 1 N–H and O–H groups in total. The van der Waals surface area contributed by atoms with Gasteiger partial charge < -0.3 is 5.32 Å². The van der Waals surface area contributed by atoms with Gasteiger partial charge in [0.15, 0.2) is 0 Å². The Labute approximate surface area is 116 Å². The van der Waals surface area contributed by atoms with Gasteiger partial charge in [0.1, 0.15) is 0 Å². The first-order valence-electron chi connectivity index (χ1n) is 7.64. The molecule has 18 heavy (non-hydrogen) atoms. The lowest BCUT2D eigenvalue weighted by atomic mass is 9.88. The topological polar surface area (TPSA) is 12.0 Å². The molecule has 0 aliphatic heterocycles. The van der Waals surface area contributed by atoms with Crippen molar-refractivity contribution in [2.45, 2.75) is 64.3 Å². The summed E-state index contributed by atoms with van der Waals surface area (Å²) in [6.07, 6.45) is 11.3. The molecule has 0 radical (unpaired) electrons. The minimum absolute atomic E-state index is 0.744. The zero-order chi connectivity index (χ0) is 12.6. The van der Waals surface area contributed by atoms with Crippen molar-refractivity contribution in [3.63, 3.8) is 0 Å². The van der Waals surface area contributed by atoms with Crippen molar-refractivity contribution in [2.75, 3.05) is 6.54 Å². The molecule has 1 aromatic rings. The van der Waals surface area contributed by atoms with E-state index in [4.69, 9.17) is 0 Å². The summed E-state index contributed by atoms with van der Waals surface area (Å²) in [5, 5.41) is 8.25. The SMILES string of the molecule is CCNC(CCc1ccsc1)C1CCCCCC1. The van der Waals surface area contributed by atoms with E-state index in [0.717, 1.165) is 18.5 Å². The average Bonchev–Trinajstić information content (AvgIpc) is 2.75. The molecule has 1 fully saturated rings. The summed E-state index contributed by atoms with van der Waals surface area (Å²) in [5.74, 6) is 0.922. The first-order valence-corrected chi connectivity index (χ1v) is 8.59. The lowest BCUT2D eigenvalue weighted by molar-refractivity contribution is 0.309. The number of aryl methyl sites for hydroxylation is 1. The van der Waals surface area contributed by atoms with Crippen LogP contribution in [-0.2, 0) is 6.42 Å². The minimum atomic E-state index is 0.744. The lowest BCUT2D eigenvalue weighted by Gasteiger charge is -2.27. The van der Waals surface area contributed by atoms with Crippen molar-refractivity contribution in [1.82, 2.24) is 5.32 Å². The first kappa shape index (κ1) is 14.1. The van der Waals surface area contributed by atoms with Gasteiger partial charge in [0.05, 0.1) is 0 Å². The van der Waals surface area contributed by atoms with Crippen molar-refractivity contribution < 1.29 is 0 Å². The summed E-state index contributed by atoms with van der Waals surface area (Å²) >= 11 is 1.82. The molecular formula is C16H27NS. The maximum absolute atomic E-state index is 3.75. The second-order valence-electron chi connectivity index (χ2n) is 5.59. The van der Waals surface area contributed by atoms with E-state index in [-0.39, 0.29) is 0 Å². The molecule has 1 nitrogen and oxygen atoms in total. The maximum atomic E-state index is 3.75. The van der Waals surface area contributed by atoms with Gasteiger partial charge in [-0.2, -0.15) is 11.3 Å². The highest BCUT2D eigenvalue weighted by Crippen LogP contribution is 2.27. The van der Waals surface area contributed by atoms with E-state index in [2.05, 4.69) is 29.1 Å². The molecule has 1 heterocycles. The molecule has 1 aliphatic rings. The fourth-order valence-electron chi connectivity index (χ4n) is 3.24. The van der Waals surface area contributed by atoms with Crippen molar-refractivity contribution in [2.24, 2.45) is 5.92 Å². The predicted molar refractivity (Wildman–Crippen MR) is 81.3 cm³/mol. The number of hydrogen-bond acceptors (Lipinski definition) is 2. The van der Waals surface area contributed by atoms with Gasteiger partial charge >= 0.3 is 0 Å². The first-order chi connectivity index (χ1) is 8.90. The Morgan fingerprint density at radius 3 is 2.67 bits per heavy atom. The second kappa shape index (κ2) is 7.96. The van der Waals surface area contributed by atoms with Crippen LogP contribution in [0.1, 0.15) is 57.4 Å². The standard InChI is InChI=1S/C16H27NS/c1-2-17-16(10-9-14-11-12-18-13-14)15-7-5-3-4-6-8-15/h11-13,15-17H,2-10H2,1H3. The maximum Gasteiger partial charge on any atom is 0.00983 e. The van der Waals surface area contributed by atoms with E-state index in [1.165, 1.54) is 56.9 Å². The monoisotopic (exact) mass is 265 g/mol. The van der Waals surface area contributed by atoms with Crippen molar-refractivity contribution in [3.8, 4) is 0 Å². The molecule has 1 unspecified atom stereocenters. The highest BCUT2D eigenvalue weighted by Gasteiger charge is 2.21. The quantitative estimate of drug-likeness (QED) is 0.740. The molecule has 2 rings (SSSR count). The normalized spacial score (nSPS) is 19.6. The fraction of sp³-hybridized carbons (Fsp3) is 0.750. The van der Waals surface area contributed by atoms with Crippen LogP contribution in [-0.4, -0.2) is 12.6 Å². The Morgan fingerprint density at radius 2 is 2.06 bits per heavy atom. The Bertz CT molecular complexity index is 299. The Kier molecular flexibility index (Phi) is 6.22. The van der Waals surface area contributed by atoms with Gasteiger partial charge in [-0.15, -0.1) is 0 Å². The van der Waals surface area contributed by atoms with Crippen molar-refractivity contribution in [3.05, 3.63) is 22.4 Å². The summed E-state index contributed by atoms with van der Waals surface area (Å²) in [6.45, 7) is 3.36. The average molecular weight is 265 g/mol.